The summed E-state index contributed by atoms with van der Waals surface area (Å²) in [6, 6.07) is 21.0. The Kier molecular flexibility index (Phi) is 8.00. The normalized spacial score (nSPS) is 11.5. The lowest BCUT2D eigenvalue weighted by molar-refractivity contribution is -0.130. The van der Waals surface area contributed by atoms with Crippen molar-refractivity contribution >= 4 is 15.9 Å². The van der Waals surface area contributed by atoms with Crippen molar-refractivity contribution in [1.29, 1.82) is 0 Å². The number of rotatable bonds is 9. The monoisotopic (exact) mass is 468 g/mol. The number of hydrogen-bond acceptors (Lipinski definition) is 3. The molecule has 0 heterocycles. The Morgan fingerprint density at radius 1 is 0.939 bits per heavy atom. The molecule has 0 saturated heterocycles. The summed E-state index contributed by atoms with van der Waals surface area (Å²) in [6.45, 7) is 3.46. The molecule has 0 aliphatic heterocycles. The minimum Gasteiger partial charge on any atom is -0.340 e. The summed E-state index contributed by atoms with van der Waals surface area (Å²) >= 11 is 0. The van der Waals surface area contributed by atoms with Crippen LogP contribution in [0.4, 0.5) is 4.39 Å². The second-order valence-electron chi connectivity index (χ2n) is 8.18. The van der Waals surface area contributed by atoms with Crippen LogP contribution >= 0.6 is 0 Å². The predicted molar refractivity (Wildman–Crippen MR) is 128 cm³/mol. The summed E-state index contributed by atoms with van der Waals surface area (Å²) in [5.41, 5.74) is 2.80. The van der Waals surface area contributed by atoms with Crippen LogP contribution in [-0.4, -0.2) is 43.7 Å². The Morgan fingerprint density at radius 3 is 2.30 bits per heavy atom. The molecule has 1 amide bonds. The van der Waals surface area contributed by atoms with E-state index in [1.165, 1.54) is 15.3 Å². The maximum Gasteiger partial charge on any atom is 0.243 e. The number of nitrogens with zero attached hydrogens (tertiary/aromatic N) is 2. The first kappa shape index (κ1) is 24.6. The van der Waals surface area contributed by atoms with E-state index < -0.39 is 21.7 Å². The van der Waals surface area contributed by atoms with E-state index in [0.717, 1.165) is 11.1 Å². The first-order valence-electron chi connectivity index (χ1n) is 10.8. The van der Waals surface area contributed by atoms with Crippen LogP contribution in [0.5, 0.6) is 0 Å². The van der Waals surface area contributed by atoms with E-state index in [1.807, 2.05) is 43.3 Å². The van der Waals surface area contributed by atoms with Crippen molar-refractivity contribution in [3.8, 4) is 0 Å². The number of amides is 1. The number of hydrogen-bond donors (Lipinski definition) is 0. The summed E-state index contributed by atoms with van der Waals surface area (Å²) < 4.78 is 42.4. The minimum atomic E-state index is -3.92. The third-order valence-electron chi connectivity index (χ3n) is 5.56. The molecule has 0 aliphatic carbocycles. The van der Waals surface area contributed by atoms with Crippen LogP contribution in [0.2, 0.25) is 0 Å². The van der Waals surface area contributed by atoms with E-state index in [1.54, 1.807) is 44.3 Å². The molecule has 7 heteroatoms. The molecule has 5 nitrogen and oxygen atoms in total. The molecule has 0 saturated carbocycles. The standard InChI is InChI=1S/C26H29FN2O3S/c1-20-13-14-21(2)25(17-20)33(31,32)29(16-15-22-9-5-4-6-10-22)19-26(30)28(3)18-23-11-7-8-12-24(23)27/h4-14,17H,15-16,18-19H2,1-3H3. The van der Waals surface area contributed by atoms with Crippen molar-refractivity contribution < 1.29 is 17.6 Å². The topological polar surface area (TPSA) is 57.7 Å². The van der Waals surface area contributed by atoms with Gasteiger partial charge in [-0.3, -0.25) is 4.79 Å². The highest BCUT2D eigenvalue weighted by molar-refractivity contribution is 7.89. The van der Waals surface area contributed by atoms with Crippen molar-refractivity contribution in [2.75, 3.05) is 20.1 Å². The smallest absolute Gasteiger partial charge is 0.243 e. The molecule has 0 radical (unpaired) electrons. The Labute approximate surface area is 195 Å². The number of sulfonamides is 1. The van der Waals surface area contributed by atoms with Crippen LogP contribution < -0.4 is 0 Å². The Hall–Kier alpha value is -3.03. The molecule has 0 fully saturated rings. The van der Waals surface area contributed by atoms with Crippen molar-refractivity contribution in [3.63, 3.8) is 0 Å². The third-order valence-corrected chi connectivity index (χ3v) is 7.54. The van der Waals surface area contributed by atoms with Gasteiger partial charge in [0.15, 0.2) is 0 Å². The van der Waals surface area contributed by atoms with Gasteiger partial charge in [0.2, 0.25) is 15.9 Å². The summed E-state index contributed by atoms with van der Waals surface area (Å²) in [6.07, 6.45) is 0.468. The Bertz CT molecular complexity index is 1210. The Morgan fingerprint density at radius 2 is 1.61 bits per heavy atom. The molecule has 0 aliphatic rings. The van der Waals surface area contributed by atoms with Crippen LogP contribution in [0.25, 0.3) is 0 Å². The largest absolute Gasteiger partial charge is 0.340 e. The molecule has 0 unspecified atom stereocenters. The SMILES string of the molecule is Cc1ccc(C)c(S(=O)(=O)N(CCc2ccccc2)CC(=O)N(C)Cc2ccccc2F)c1. The van der Waals surface area contributed by atoms with E-state index in [-0.39, 0.29) is 24.5 Å². The van der Waals surface area contributed by atoms with E-state index >= 15 is 0 Å². The maximum absolute atomic E-state index is 14.0. The van der Waals surface area contributed by atoms with E-state index in [9.17, 15) is 17.6 Å². The quantitative estimate of drug-likeness (QED) is 0.470. The van der Waals surface area contributed by atoms with Crippen molar-refractivity contribution in [3.05, 3.63) is 101 Å². The van der Waals surface area contributed by atoms with Crippen LogP contribution in [0, 0.1) is 19.7 Å². The average Bonchev–Trinajstić information content (AvgIpc) is 2.80. The van der Waals surface area contributed by atoms with Gasteiger partial charge in [-0.05, 0) is 49.1 Å². The molecule has 0 aromatic heterocycles. The molecule has 3 aromatic carbocycles. The third kappa shape index (κ3) is 6.27. The molecule has 0 spiro atoms. The molecular weight excluding hydrogens is 439 g/mol. The predicted octanol–water partition coefficient (Wildman–Crippen LogP) is 4.33. The van der Waals surface area contributed by atoms with Gasteiger partial charge in [0.25, 0.3) is 0 Å². The van der Waals surface area contributed by atoms with Crippen molar-refractivity contribution in [1.82, 2.24) is 9.21 Å². The van der Waals surface area contributed by atoms with Crippen LogP contribution in [-0.2, 0) is 27.8 Å². The first-order chi connectivity index (χ1) is 15.7. The number of aryl methyl sites for hydroxylation is 2. The van der Waals surface area contributed by atoms with Gasteiger partial charge in [0.1, 0.15) is 5.82 Å². The molecular formula is C26H29FN2O3S. The number of carbonyl (C=O) groups excluding carboxylic acids is 1. The first-order valence-corrected chi connectivity index (χ1v) is 12.2. The number of carbonyl (C=O) groups is 1. The van der Waals surface area contributed by atoms with Crippen LogP contribution in [0.15, 0.2) is 77.7 Å². The number of halogens is 1. The highest BCUT2D eigenvalue weighted by Crippen LogP contribution is 2.22. The second-order valence-corrected chi connectivity index (χ2v) is 10.1. The summed E-state index contributed by atoms with van der Waals surface area (Å²) in [4.78, 5) is 14.6. The van der Waals surface area contributed by atoms with Crippen LogP contribution in [0.3, 0.4) is 0 Å². The van der Waals surface area contributed by atoms with Crippen molar-refractivity contribution in [2.24, 2.45) is 0 Å². The molecule has 3 rings (SSSR count). The Balaban J connectivity index is 1.85. The van der Waals surface area contributed by atoms with Gasteiger partial charge in [-0.15, -0.1) is 0 Å². The molecule has 33 heavy (non-hydrogen) atoms. The van der Waals surface area contributed by atoms with Gasteiger partial charge in [-0.1, -0.05) is 60.7 Å². The fourth-order valence-corrected chi connectivity index (χ4v) is 5.25. The van der Waals surface area contributed by atoms with Crippen molar-refractivity contribution in [2.45, 2.75) is 31.7 Å². The highest BCUT2D eigenvalue weighted by atomic mass is 32.2. The molecule has 174 valence electrons. The second kappa shape index (κ2) is 10.7. The highest BCUT2D eigenvalue weighted by Gasteiger charge is 2.29. The van der Waals surface area contributed by atoms with Crippen LogP contribution in [0.1, 0.15) is 22.3 Å². The lowest BCUT2D eigenvalue weighted by Crippen LogP contribution is -2.42. The van der Waals surface area contributed by atoms with E-state index in [4.69, 9.17) is 0 Å². The zero-order valence-corrected chi connectivity index (χ0v) is 20.0. The molecule has 0 atom stereocenters. The van der Waals surface area contributed by atoms with Gasteiger partial charge in [-0.2, -0.15) is 4.31 Å². The molecule has 3 aromatic rings. The van der Waals surface area contributed by atoms with E-state index in [2.05, 4.69) is 0 Å². The lowest BCUT2D eigenvalue weighted by atomic mass is 10.1. The molecule has 0 N–H and O–H groups in total. The van der Waals surface area contributed by atoms with Gasteiger partial charge >= 0.3 is 0 Å². The van der Waals surface area contributed by atoms with Gasteiger partial charge in [-0.25, -0.2) is 12.8 Å². The minimum absolute atomic E-state index is 0.0571. The zero-order chi connectivity index (χ0) is 24.0. The van der Waals surface area contributed by atoms with E-state index in [0.29, 0.717) is 17.5 Å². The number of likely N-dealkylation sites (N-methyl/N-ethyl adjacent to an activating group) is 1. The fourth-order valence-electron chi connectivity index (χ4n) is 3.55. The summed E-state index contributed by atoms with van der Waals surface area (Å²) in [5.74, 6) is -0.804. The fraction of sp³-hybridized carbons (Fsp3) is 0.269. The zero-order valence-electron chi connectivity index (χ0n) is 19.2. The lowest BCUT2D eigenvalue weighted by Gasteiger charge is -2.26. The average molecular weight is 469 g/mol. The molecule has 0 bridgehead atoms. The maximum atomic E-state index is 14.0. The van der Waals surface area contributed by atoms with Gasteiger partial charge in [0.05, 0.1) is 11.4 Å². The number of benzene rings is 3. The van der Waals surface area contributed by atoms with Gasteiger partial charge in [0, 0.05) is 25.7 Å². The summed E-state index contributed by atoms with van der Waals surface area (Å²) in [7, 11) is -2.37. The summed E-state index contributed by atoms with van der Waals surface area (Å²) in [5, 5.41) is 0. The van der Waals surface area contributed by atoms with Gasteiger partial charge < -0.3 is 4.90 Å².